The Morgan fingerprint density at radius 3 is 2.79 bits per heavy atom. The summed E-state index contributed by atoms with van der Waals surface area (Å²) >= 11 is 2.06. The number of hydrogen-bond acceptors (Lipinski definition) is 3. The summed E-state index contributed by atoms with van der Waals surface area (Å²) in [6.45, 7) is 5.61. The third-order valence-electron chi connectivity index (χ3n) is 3.22. The van der Waals surface area contributed by atoms with Gasteiger partial charge in [0, 0.05) is 24.2 Å². The Kier molecular flexibility index (Phi) is 4.74. The second-order valence-electron chi connectivity index (χ2n) is 4.70. The van der Waals surface area contributed by atoms with E-state index in [1.165, 1.54) is 12.8 Å². The van der Waals surface area contributed by atoms with Crippen LogP contribution in [0, 0.1) is 5.41 Å². The molecule has 1 aliphatic carbocycles. The Morgan fingerprint density at radius 1 is 1.50 bits per heavy atom. The summed E-state index contributed by atoms with van der Waals surface area (Å²) in [4.78, 5) is 0. The number of hydrogen-bond donors (Lipinski definition) is 1. The van der Waals surface area contributed by atoms with Gasteiger partial charge in [-0.15, -0.1) is 0 Å². The van der Waals surface area contributed by atoms with E-state index in [4.69, 9.17) is 4.74 Å². The van der Waals surface area contributed by atoms with Crippen LogP contribution >= 0.6 is 11.8 Å². The second kappa shape index (κ2) is 5.38. The zero-order valence-electron chi connectivity index (χ0n) is 9.80. The highest BCUT2D eigenvalue weighted by atomic mass is 32.2. The Morgan fingerprint density at radius 2 is 2.21 bits per heavy atom. The molecule has 2 nitrogen and oxygen atoms in total. The number of thioether (sulfide) groups is 1. The van der Waals surface area contributed by atoms with Crippen LogP contribution < -0.4 is 5.32 Å². The quantitative estimate of drug-likeness (QED) is 0.713. The van der Waals surface area contributed by atoms with Crippen LogP contribution in [-0.4, -0.2) is 37.8 Å². The number of ether oxygens (including phenoxy) is 1. The molecule has 14 heavy (non-hydrogen) atoms. The first kappa shape index (κ1) is 12.3. The summed E-state index contributed by atoms with van der Waals surface area (Å²) in [5, 5.41) is 4.24. The fourth-order valence-corrected chi connectivity index (χ4v) is 3.93. The molecule has 0 amide bonds. The Labute approximate surface area is 92.2 Å². The highest BCUT2D eigenvalue weighted by Crippen LogP contribution is 2.42. The molecule has 1 fully saturated rings. The van der Waals surface area contributed by atoms with E-state index < -0.39 is 0 Å². The van der Waals surface area contributed by atoms with Crippen LogP contribution in [0.4, 0.5) is 0 Å². The lowest BCUT2D eigenvalue weighted by atomic mass is 9.87. The van der Waals surface area contributed by atoms with Gasteiger partial charge in [-0.25, -0.2) is 0 Å². The van der Waals surface area contributed by atoms with E-state index >= 15 is 0 Å². The Balaban J connectivity index is 2.38. The van der Waals surface area contributed by atoms with E-state index in [2.05, 4.69) is 38.0 Å². The first-order valence-corrected chi connectivity index (χ1v) is 6.44. The van der Waals surface area contributed by atoms with E-state index in [1.807, 2.05) is 0 Å². The number of rotatable bonds is 5. The van der Waals surface area contributed by atoms with Gasteiger partial charge in [0.25, 0.3) is 0 Å². The van der Waals surface area contributed by atoms with E-state index in [-0.39, 0.29) is 0 Å². The van der Waals surface area contributed by atoms with Crippen molar-refractivity contribution in [1.82, 2.24) is 5.32 Å². The van der Waals surface area contributed by atoms with Gasteiger partial charge in [-0.3, -0.25) is 0 Å². The van der Waals surface area contributed by atoms with Crippen molar-refractivity contribution in [2.24, 2.45) is 5.41 Å². The molecule has 0 bridgehead atoms. The minimum absolute atomic E-state index is 0.458. The third kappa shape index (κ3) is 2.88. The SMILES string of the molecule is CNC1C(SCCOC)CCC1(C)C. The zero-order valence-corrected chi connectivity index (χ0v) is 10.6. The predicted octanol–water partition coefficient (Wildman–Crippen LogP) is 2.14. The van der Waals surface area contributed by atoms with Crippen LogP contribution in [0.15, 0.2) is 0 Å². The molecule has 0 aliphatic heterocycles. The van der Waals surface area contributed by atoms with Crippen molar-refractivity contribution >= 4 is 11.8 Å². The lowest BCUT2D eigenvalue weighted by Crippen LogP contribution is -2.41. The minimum atomic E-state index is 0.458. The van der Waals surface area contributed by atoms with E-state index in [0.29, 0.717) is 11.5 Å². The molecule has 84 valence electrons. The highest BCUT2D eigenvalue weighted by Gasteiger charge is 2.40. The van der Waals surface area contributed by atoms with Crippen LogP contribution in [0.2, 0.25) is 0 Å². The molecule has 2 unspecified atom stereocenters. The van der Waals surface area contributed by atoms with Gasteiger partial charge in [0.1, 0.15) is 0 Å². The van der Waals surface area contributed by atoms with E-state index in [9.17, 15) is 0 Å². The van der Waals surface area contributed by atoms with Crippen molar-refractivity contribution in [2.75, 3.05) is 26.5 Å². The molecular weight excluding hydrogens is 194 g/mol. The van der Waals surface area contributed by atoms with Gasteiger partial charge >= 0.3 is 0 Å². The van der Waals surface area contributed by atoms with Crippen LogP contribution in [0.3, 0.4) is 0 Å². The Bertz CT molecular complexity index is 173. The first-order chi connectivity index (χ1) is 6.61. The van der Waals surface area contributed by atoms with Gasteiger partial charge in [-0.1, -0.05) is 13.8 Å². The molecule has 1 aliphatic rings. The van der Waals surface area contributed by atoms with Crippen LogP contribution in [0.25, 0.3) is 0 Å². The largest absolute Gasteiger partial charge is 0.384 e. The molecule has 1 N–H and O–H groups in total. The summed E-state index contributed by atoms with van der Waals surface area (Å²) in [7, 11) is 3.86. The maximum atomic E-state index is 5.08. The molecular formula is C11H23NOS. The average molecular weight is 217 g/mol. The van der Waals surface area contributed by atoms with Crippen molar-refractivity contribution in [3.8, 4) is 0 Å². The molecule has 1 saturated carbocycles. The smallest absolute Gasteiger partial charge is 0.0553 e. The molecule has 0 heterocycles. The number of methoxy groups -OCH3 is 1. The minimum Gasteiger partial charge on any atom is -0.384 e. The molecule has 1 rings (SSSR count). The summed E-state index contributed by atoms with van der Waals surface area (Å²) in [6.07, 6.45) is 2.68. The van der Waals surface area contributed by atoms with Crippen LogP contribution in [-0.2, 0) is 4.74 Å². The maximum absolute atomic E-state index is 5.08. The standard InChI is InChI=1S/C11H23NOS/c1-11(2)6-5-9(10(11)12-3)14-8-7-13-4/h9-10,12H,5-8H2,1-4H3. The molecule has 0 aromatic heterocycles. The van der Waals surface area contributed by atoms with Gasteiger partial charge < -0.3 is 10.1 Å². The number of nitrogens with one attached hydrogen (secondary N) is 1. The lowest BCUT2D eigenvalue weighted by molar-refractivity contribution is 0.218. The van der Waals surface area contributed by atoms with E-state index in [0.717, 1.165) is 17.6 Å². The summed E-state index contributed by atoms with van der Waals surface area (Å²) in [5.74, 6) is 1.12. The lowest BCUT2D eigenvalue weighted by Gasteiger charge is -2.30. The fourth-order valence-electron chi connectivity index (χ4n) is 2.38. The van der Waals surface area contributed by atoms with Gasteiger partial charge in [0.05, 0.1) is 6.61 Å². The van der Waals surface area contributed by atoms with Crippen molar-refractivity contribution in [2.45, 2.75) is 38.0 Å². The third-order valence-corrected chi connectivity index (χ3v) is 4.56. The van der Waals surface area contributed by atoms with Crippen LogP contribution in [0.1, 0.15) is 26.7 Å². The Hall–Kier alpha value is 0.270. The normalized spacial score (nSPS) is 30.9. The molecule has 0 aromatic carbocycles. The first-order valence-electron chi connectivity index (χ1n) is 5.39. The van der Waals surface area contributed by atoms with E-state index in [1.54, 1.807) is 7.11 Å². The van der Waals surface area contributed by atoms with Gasteiger partial charge in [-0.05, 0) is 25.3 Å². The van der Waals surface area contributed by atoms with Gasteiger partial charge in [0.15, 0.2) is 0 Å². The van der Waals surface area contributed by atoms with Gasteiger partial charge in [-0.2, -0.15) is 11.8 Å². The monoisotopic (exact) mass is 217 g/mol. The molecule has 3 heteroatoms. The van der Waals surface area contributed by atoms with Gasteiger partial charge in [0.2, 0.25) is 0 Å². The van der Waals surface area contributed by atoms with Crippen LogP contribution in [0.5, 0.6) is 0 Å². The average Bonchev–Trinajstić information content (AvgIpc) is 2.42. The predicted molar refractivity (Wildman–Crippen MR) is 64.0 cm³/mol. The summed E-state index contributed by atoms with van der Waals surface area (Å²) < 4.78 is 5.08. The molecule has 0 aromatic rings. The van der Waals surface area contributed by atoms with Crippen molar-refractivity contribution in [1.29, 1.82) is 0 Å². The van der Waals surface area contributed by atoms with Crippen molar-refractivity contribution in [3.05, 3.63) is 0 Å². The highest BCUT2D eigenvalue weighted by molar-refractivity contribution is 8.00. The molecule has 0 saturated heterocycles. The van der Waals surface area contributed by atoms with Crippen molar-refractivity contribution in [3.63, 3.8) is 0 Å². The fraction of sp³-hybridized carbons (Fsp3) is 1.00. The molecule has 0 spiro atoms. The molecule has 0 radical (unpaired) electrons. The summed E-state index contributed by atoms with van der Waals surface area (Å²) in [5.41, 5.74) is 0.458. The maximum Gasteiger partial charge on any atom is 0.0553 e. The zero-order chi connectivity index (χ0) is 10.6. The molecule has 2 atom stereocenters. The summed E-state index contributed by atoms with van der Waals surface area (Å²) in [6, 6.07) is 0.657. The van der Waals surface area contributed by atoms with Crippen molar-refractivity contribution < 1.29 is 4.74 Å². The second-order valence-corrected chi connectivity index (χ2v) is 6.04. The topological polar surface area (TPSA) is 21.3 Å².